The minimum absolute atomic E-state index is 0.118. The number of likely N-dealkylation sites (N-methyl/N-ethyl adjacent to an activating group) is 1. The zero-order chi connectivity index (χ0) is 21.5. The van der Waals surface area contributed by atoms with Gasteiger partial charge in [-0.05, 0) is 18.2 Å². The van der Waals surface area contributed by atoms with Crippen LogP contribution in [0.4, 0.5) is 0 Å². The number of carboxylic acid groups (broad SMARTS) is 1. The molecule has 152 valence electrons. The van der Waals surface area contributed by atoms with Crippen LogP contribution in [0.3, 0.4) is 0 Å². The molecule has 2 aromatic heterocycles. The highest BCUT2D eigenvalue weighted by Gasteiger charge is 2.42. The minimum atomic E-state index is -1.68. The fourth-order valence-electron chi connectivity index (χ4n) is 3.44. The van der Waals surface area contributed by atoms with Gasteiger partial charge in [0.1, 0.15) is 5.75 Å². The van der Waals surface area contributed by atoms with Gasteiger partial charge in [-0.25, -0.2) is 9.78 Å². The zero-order valence-corrected chi connectivity index (χ0v) is 16.4. The van der Waals surface area contributed by atoms with E-state index >= 15 is 0 Å². The summed E-state index contributed by atoms with van der Waals surface area (Å²) >= 11 is 0. The first-order valence-corrected chi connectivity index (χ1v) is 9.23. The molecule has 1 aliphatic heterocycles. The lowest BCUT2D eigenvalue weighted by Gasteiger charge is -2.13. The Bertz CT molecular complexity index is 1240. The van der Waals surface area contributed by atoms with E-state index in [4.69, 9.17) is 4.74 Å². The molecule has 1 unspecified atom stereocenters. The van der Waals surface area contributed by atoms with Crippen LogP contribution in [0.2, 0.25) is 0 Å². The van der Waals surface area contributed by atoms with Crippen molar-refractivity contribution in [3.8, 4) is 28.8 Å². The van der Waals surface area contributed by atoms with E-state index in [1.165, 1.54) is 16.4 Å². The van der Waals surface area contributed by atoms with Gasteiger partial charge in [0.25, 0.3) is 5.91 Å². The zero-order valence-electron chi connectivity index (χ0n) is 16.4. The summed E-state index contributed by atoms with van der Waals surface area (Å²) in [5.74, 6) is 4.44. The maximum absolute atomic E-state index is 12.1. The summed E-state index contributed by atoms with van der Waals surface area (Å²) in [4.78, 5) is 29.5. The third kappa shape index (κ3) is 3.25. The number of carbonyl (C=O) groups is 2. The Morgan fingerprint density at radius 2 is 2.10 bits per heavy atom. The number of pyridine rings is 1. The van der Waals surface area contributed by atoms with E-state index in [-0.39, 0.29) is 12.2 Å². The lowest BCUT2D eigenvalue weighted by molar-refractivity contribution is -0.137. The minimum Gasteiger partial charge on any atom is -0.497 e. The fraction of sp³-hybridized carbons (Fsp3) is 0.227. The highest BCUT2D eigenvalue weighted by Crippen LogP contribution is 2.28. The first kappa shape index (κ1) is 19.5. The number of aromatic nitrogens is 2. The van der Waals surface area contributed by atoms with Gasteiger partial charge < -0.3 is 19.8 Å². The smallest absolute Gasteiger partial charge is 0.372 e. The van der Waals surface area contributed by atoms with E-state index in [0.717, 1.165) is 0 Å². The van der Waals surface area contributed by atoms with Crippen LogP contribution in [0.1, 0.15) is 22.6 Å². The fourth-order valence-corrected chi connectivity index (χ4v) is 3.44. The monoisotopic (exact) mass is 405 g/mol. The number of benzene rings is 1. The van der Waals surface area contributed by atoms with Crippen molar-refractivity contribution in [2.75, 3.05) is 20.7 Å². The lowest BCUT2D eigenvalue weighted by atomic mass is 10.0. The Kier molecular flexibility index (Phi) is 4.68. The lowest BCUT2D eigenvalue weighted by Crippen LogP contribution is -2.37. The molecule has 4 rings (SSSR count). The van der Waals surface area contributed by atoms with Crippen LogP contribution in [0.5, 0.6) is 5.75 Å². The van der Waals surface area contributed by atoms with E-state index in [1.807, 2.05) is 0 Å². The van der Waals surface area contributed by atoms with E-state index in [9.17, 15) is 19.8 Å². The topological polar surface area (TPSA) is 104 Å². The molecule has 0 radical (unpaired) electrons. The number of nitrogens with zero attached hydrogens (tertiary/aromatic N) is 3. The van der Waals surface area contributed by atoms with Gasteiger partial charge in [-0.1, -0.05) is 24.0 Å². The highest BCUT2D eigenvalue weighted by molar-refractivity contribution is 5.91. The standard InChI is InChI=1S/C22H19N3O5/c1-24-11-9-22(29,21(24)28)8-6-14-4-3-5-15(12-14)18-17-13-16(30-2)7-10-25(17)19(23-18)20(26)27/h3-5,7,10,12-13,29H,9,11H2,1-2H3,(H,26,27). The summed E-state index contributed by atoms with van der Waals surface area (Å²) in [5.41, 5.74) is 0.579. The predicted molar refractivity (Wildman–Crippen MR) is 108 cm³/mol. The summed E-state index contributed by atoms with van der Waals surface area (Å²) in [5, 5.41) is 20.0. The van der Waals surface area contributed by atoms with Crippen LogP contribution >= 0.6 is 0 Å². The second-order valence-electron chi connectivity index (χ2n) is 7.08. The Hall–Kier alpha value is -3.83. The van der Waals surface area contributed by atoms with Crippen LogP contribution in [0.25, 0.3) is 16.8 Å². The molecule has 1 fully saturated rings. The number of methoxy groups -OCH3 is 1. The molecule has 1 atom stereocenters. The van der Waals surface area contributed by atoms with Gasteiger partial charge in [0.05, 0.1) is 18.3 Å². The molecule has 1 aromatic carbocycles. The molecular weight excluding hydrogens is 386 g/mol. The van der Waals surface area contributed by atoms with Gasteiger partial charge in [-0.2, -0.15) is 0 Å². The molecule has 8 heteroatoms. The molecule has 0 saturated carbocycles. The summed E-state index contributed by atoms with van der Waals surface area (Å²) < 4.78 is 6.74. The number of aliphatic hydroxyl groups is 1. The number of hydrogen-bond acceptors (Lipinski definition) is 5. The summed E-state index contributed by atoms with van der Waals surface area (Å²) in [6.45, 7) is 0.449. The molecule has 1 amide bonds. The Balaban J connectivity index is 1.78. The molecule has 1 saturated heterocycles. The molecule has 0 aliphatic carbocycles. The van der Waals surface area contributed by atoms with Gasteiger partial charge in [0.15, 0.2) is 0 Å². The number of amides is 1. The van der Waals surface area contributed by atoms with Gasteiger partial charge >= 0.3 is 5.97 Å². The second-order valence-corrected chi connectivity index (χ2v) is 7.08. The number of carboxylic acids is 1. The number of rotatable bonds is 3. The first-order chi connectivity index (χ1) is 14.3. The molecule has 0 spiro atoms. The number of carbonyl (C=O) groups excluding carboxylic acids is 1. The molecular formula is C22H19N3O5. The third-order valence-electron chi connectivity index (χ3n) is 5.10. The van der Waals surface area contributed by atoms with E-state index in [0.29, 0.717) is 34.6 Å². The maximum atomic E-state index is 12.1. The van der Waals surface area contributed by atoms with Crippen LogP contribution in [-0.4, -0.2) is 62.7 Å². The quantitative estimate of drug-likeness (QED) is 0.642. The van der Waals surface area contributed by atoms with E-state index < -0.39 is 17.5 Å². The van der Waals surface area contributed by atoms with E-state index in [1.54, 1.807) is 49.6 Å². The van der Waals surface area contributed by atoms with Gasteiger partial charge in [-0.15, -0.1) is 0 Å². The predicted octanol–water partition coefficient (Wildman–Crippen LogP) is 1.65. The van der Waals surface area contributed by atoms with Gasteiger partial charge in [-0.3, -0.25) is 9.20 Å². The maximum Gasteiger partial charge on any atom is 0.372 e. The molecule has 2 N–H and O–H groups in total. The van der Waals surface area contributed by atoms with Gasteiger partial charge in [0, 0.05) is 43.4 Å². The Labute approximate surface area is 172 Å². The van der Waals surface area contributed by atoms with Crippen molar-refractivity contribution < 1.29 is 24.5 Å². The average molecular weight is 405 g/mol. The number of aromatic carboxylic acids is 1. The SMILES string of the molecule is COc1ccn2c(C(=O)O)nc(-c3cccc(C#CC4(O)CCN(C)C4=O)c3)c2c1. The second kappa shape index (κ2) is 7.21. The van der Waals surface area contributed by atoms with Crippen molar-refractivity contribution in [1.29, 1.82) is 0 Å². The van der Waals surface area contributed by atoms with E-state index in [2.05, 4.69) is 16.8 Å². The van der Waals surface area contributed by atoms with Crippen molar-refractivity contribution in [2.24, 2.45) is 0 Å². The van der Waals surface area contributed by atoms with Crippen molar-refractivity contribution in [3.63, 3.8) is 0 Å². The summed E-state index contributed by atoms with van der Waals surface area (Å²) in [7, 11) is 3.16. The first-order valence-electron chi connectivity index (χ1n) is 9.23. The number of fused-ring (bicyclic) bond motifs is 1. The number of ether oxygens (including phenoxy) is 1. The average Bonchev–Trinajstić information content (AvgIpc) is 3.26. The normalized spacial score (nSPS) is 18.4. The van der Waals surface area contributed by atoms with Crippen molar-refractivity contribution in [3.05, 3.63) is 54.0 Å². The van der Waals surface area contributed by atoms with Crippen LogP contribution in [0.15, 0.2) is 42.6 Å². The van der Waals surface area contributed by atoms with Crippen molar-refractivity contribution in [2.45, 2.75) is 12.0 Å². The number of likely N-dealkylation sites (tertiary alicyclic amines) is 1. The Morgan fingerprint density at radius 1 is 1.30 bits per heavy atom. The molecule has 0 bridgehead atoms. The molecule has 8 nitrogen and oxygen atoms in total. The van der Waals surface area contributed by atoms with Crippen molar-refractivity contribution in [1.82, 2.24) is 14.3 Å². The molecule has 30 heavy (non-hydrogen) atoms. The largest absolute Gasteiger partial charge is 0.497 e. The van der Waals surface area contributed by atoms with Crippen molar-refractivity contribution >= 4 is 17.4 Å². The highest BCUT2D eigenvalue weighted by atomic mass is 16.5. The Morgan fingerprint density at radius 3 is 2.77 bits per heavy atom. The third-order valence-corrected chi connectivity index (χ3v) is 5.10. The number of hydrogen-bond donors (Lipinski definition) is 2. The van der Waals surface area contributed by atoms with Crippen LogP contribution in [0, 0.1) is 11.8 Å². The molecule has 3 aromatic rings. The van der Waals surface area contributed by atoms with Gasteiger partial charge in [0.2, 0.25) is 11.4 Å². The summed E-state index contributed by atoms with van der Waals surface area (Å²) in [6, 6.07) is 10.4. The summed E-state index contributed by atoms with van der Waals surface area (Å²) in [6.07, 6.45) is 1.85. The van der Waals surface area contributed by atoms with Crippen LogP contribution < -0.4 is 4.74 Å². The molecule has 3 heterocycles. The number of imidazole rings is 1. The molecule has 1 aliphatic rings. The van der Waals surface area contributed by atoms with Crippen LogP contribution in [-0.2, 0) is 4.79 Å².